The summed E-state index contributed by atoms with van der Waals surface area (Å²) in [4.78, 5) is 34.0. The number of nitrogens with zero attached hydrogens (tertiary/aromatic N) is 5. The normalized spacial score (nSPS) is 13.5. The van der Waals surface area contributed by atoms with Crippen LogP contribution in [0.5, 0.6) is 0 Å². The van der Waals surface area contributed by atoms with Gasteiger partial charge in [0.2, 0.25) is 0 Å². The van der Waals surface area contributed by atoms with Gasteiger partial charge >= 0.3 is 6.03 Å². The van der Waals surface area contributed by atoms with Crippen LogP contribution in [0.3, 0.4) is 0 Å². The van der Waals surface area contributed by atoms with E-state index in [1.807, 2.05) is 6.07 Å². The molecule has 0 radical (unpaired) electrons. The molecule has 0 atom stereocenters. The number of anilines is 1. The Balaban J connectivity index is 1.44. The van der Waals surface area contributed by atoms with E-state index in [1.165, 1.54) is 6.33 Å². The first-order chi connectivity index (χ1) is 13.2. The Morgan fingerprint density at radius 1 is 1.22 bits per heavy atom. The van der Waals surface area contributed by atoms with E-state index in [4.69, 9.17) is 0 Å². The molecule has 2 aromatic heterocycles. The number of carbonyl (C=O) groups is 2. The number of hydrogen-bond donors (Lipinski definition) is 2. The lowest BCUT2D eigenvalue weighted by molar-refractivity contribution is 0.0951. The highest BCUT2D eigenvalue weighted by atomic mass is 16.2. The number of amides is 3. The summed E-state index contributed by atoms with van der Waals surface area (Å²) in [6.45, 7) is 1.55. The molecule has 0 unspecified atom stereocenters. The molecule has 1 fully saturated rings. The van der Waals surface area contributed by atoms with Crippen molar-refractivity contribution in [3.8, 4) is 5.82 Å². The second-order valence-corrected chi connectivity index (χ2v) is 5.94. The van der Waals surface area contributed by atoms with Gasteiger partial charge < -0.3 is 10.6 Å². The van der Waals surface area contributed by atoms with Crippen molar-refractivity contribution in [3.63, 3.8) is 0 Å². The van der Waals surface area contributed by atoms with Crippen molar-refractivity contribution < 1.29 is 9.59 Å². The van der Waals surface area contributed by atoms with Crippen LogP contribution < -0.4 is 15.5 Å². The SMILES string of the molecule is O=C(NCc1cccnc1-n1cncn1)c1ccc(N2CCNC2=O)cc1. The van der Waals surface area contributed by atoms with Crippen molar-refractivity contribution in [3.05, 3.63) is 66.4 Å². The molecular weight excluding hydrogens is 346 g/mol. The van der Waals surface area contributed by atoms with Gasteiger partial charge in [-0.1, -0.05) is 6.07 Å². The Morgan fingerprint density at radius 2 is 2.07 bits per heavy atom. The van der Waals surface area contributed by atoms with Gasteiger partial charge in [-0.2, -0.15) is 5.10 Å². The predicted molar refractivity (Wildman–Crippen MR) is 97.5 cm³/mol. The van der Waals surface area contributed by atoms with Crippen molar-refractivity contribution in [2.75, 3.05) is 18.0 Å². The third-order valence-corrected chi connectivity index (χ3v) is 4.24. The van der Waals surface area contributed by atoms with Crippen molar-refractivity contribution in [2.24, 2.45) is 0 Å². The third-order valence-electron chi connectivity index (χ3n) is 4.24. The van der Waals surface area contributed by atoms with E-state index in [2.05, 4.69) is 25.7 Å². The second kappa shape index (κ2) is 7.24. The number of carbonyl (C=O) groups excluding carboxylic acids is 2. The average molecular weight is 363 g/mol. The number of nitrogens with one attached hydrogen (secondary N) is 2. The van der Waals surface area contributed by atoms with Gasteiger partial charge in [-0.15, -0.1) is 0 Å². The summed E-state index contributed by atoms with van der Waals surface area (Å²) in [5.74, 6) is 0.409. The first kappa shape index (κ1) is 16.7. The fourth-order valence-electron chi connectivity index (χ4n) is 2.88. The van der Waals surface area contributed by atoms with Gasteiger partial charge in [0.15, 0.2) is 5.82 Å². The van der Waals surface area contributed by atoms with Gasteiger partial charge in [0.25, 0.3) is 5.91 Å². The standard InChI is InChI=1S/C18H17N7O2/c26-17(13-3-5-15(6-4-13)24-9-8-21-18(24)27)22-10-14-2-1-7-20-16(14)25-12-19-11-23-25/h1-7,11-12H,8-10H2,(H,21,27)(H,22,26). The van der Waals surface area contributed by atoms with E-state index in [0.29, 0.717) is 31.0 Å². The first-order valence-electron chi connectivity index (χ1n) is 8.45. The summed E-state index contributed by atoms with van der Waals surface area (Å²) in [5.41, 5.74) is 2.11. The number of pyridine rings is 1. The maximum Gasteiger partial charge on any atom is 0.321 e. The predicted octanol–water partition coefficient (Wildman–Crippen LogP) is 1.12. The molecule has 27 heavy (non-hydrogen) atoms. The second-order valence-electron chi connectivity index (χ2n) is 5.94. The molecule has 1 aromatic carbocycles. The number of urea groups is 1. The maximum absolute atomic E-state index is 12.5. The van der Waals surface area contributed by atoms with Crippen LogP contribution in [-0.4, -0.2) is 44.8 Å². The van der Waals surface area contributed by atoms with Crippen molar-refractivity contribution in [2.45, 2.75) is 6.54 Å². The molecule has 0 bridgehead atoms. The molecule has 0 spiro atoms. The zero-order valence-electron chi connectivity index (χ0n) is 14.4. The Kier molecular flexibility index (Phi) is 4.48. The quantitative estimate of drug-likeness (QED) is 0.707. The monoisotopic (exact) mass is 363 g/mol. The number of rotatable bonds is 5. The minimum absolute atomic E-state index is 0.121. The van der Waals surface area contributed by atoms with Crippen LogP contribution in [0.25, 0.3) is 5.82 Å². The zero-order chi connectivity index (χ0) is 18.6. The number of benzene rings is 1. The smallest absolute Gasteiger partial charge is 0.321 e. The fourth-order valence-corrected chi connectivity index (χ4v) is 2.88. The van der Waals surface area contributed by atoms with Crippen molar-refractivity contribution in [1.82, 2.24) is 30.4 Å². The summed E-state index contributed by atoms with van der Waals surface area (Å²) in [7, 11) is 0. The minimum atomic E-state index is -0.208. The van der Waals surface area contributed by atoms with Gasteiger partial charge in [0, 0.05) is 42.6 Å². The molecule has 1 aliphatic rings. The minimum Gasteiger partial charge on any atom is -0.348 e. The summed E-state index contributed by atoms with van der Waals surface area (Å²) < 4.78 is 1.55. The molecule has 1 saturated heterocycles. The van der Waals surface area contributed by atoms with E-state index in [-0.39, 0.29) is 11.9 Å². The molecule has 3 aromatic rings. The highest BCUT2D eigenvalue weighted by Crippen LogP contribution is 2.17. The van der Waals surface area contributed by atoms with Gasteiger partial charge in [-0.3, -0.25) is 9.69 Å². The van der Waals surface area contributed by atoms with Gasteiger partial charge in [0.05, 0.1) is 0 Å². The first-order valence-corrected chi connectivity index (χ1v) is 8.45. The molecular formula is C18H17N7O2. The summed E-state index contributed by atoms with van der Waals surface area (Å²) in [6.07, 6.45) is 4.65. The topological polar surface area (TPSA) is 105 Å². The van der Waals surface area contributed by atoms with E-state index >= 15 is 0 Å². The fraction of sp³-hybridized carbons (Fsp3) is 0.167. The van der Waals surface area contributed by atoms with Gasteiger partial charge in [-0.05, 0) is 30.3 Å². The Labute approximate surface area is 155 Å². The highest BCUT2D eigenvalue weighted by molar-refractivity contribution is 5.97. The lowest BCUT2D eigenvalue weighted by Gasteiger charge is -2.14. The van der Waals surface area contributed by atoms with Crippen LogP contribution in [-0.2, 0) is 6.54 Å². The van der Waals surface area contributed by atoms with Crippen LogP contribution in [0.2, 0.25) is 0 Å². The molecule has 0 aliphatic carbocycles. The molecule has 9 heteroatoms. The van der Waals surface area contributed by atoms with Crippen LogP contribution in [0.15, 0.2) is 55.2 Å². The lowest BCUT2D eigenvalue weighted by atomic mass is 10.1. The van der Waals surface area contributed by atoms with Crippen molar-refractivity contribution >= 4 is 17.6 Å². The molecule has 9 nitrogen and oxygen atoms in total. The highest BCUT2D eigenvalue weighted by Gasteiger charge is 2.21. The van der Waals surface area contributed by atoms with E-state index in [9.17, 15) is 9.59 Å². The van der Waals surface area contributed by atoms with Gasteiger partial charge in [-0.25, -0.2) is 19.4 Å². The van der Waals surface area contributed by atoms with Crippen LogP contribution in [0.1, 0.15) is 15.9 Å². The van der Waals surface area contributed by atoms with E-state index in [1.54, 1.807) is 52.4 Å². The molecule has 4 rings (SSSR count). The molecule has 3 amide bonds. The Morgan fingerprint density at radius 3 is 2.78 bits per heavy atom. The van der Waals surface area contributed by atoms with Crippen molar-refractivity contribution in [1.29, 1.82) is 0 Å². The molecule has 2 N–H and O–H groups in total. The summed E-state index contributed by atoms with van der Waals surface area (Å²) in [5, 5.41) is 9.71. The summed E-state index contributed by atoms with van der Waals surface area (Å²) >= 11 is 0. The molecule has 3 heterocycles. The maximum atomic E-state index is 12.5. The van der Waals surface area contributed by atoms with Crippen LogP contribution in [0.4, 0.5) is 10.5 Å². The number of hydrogen-bond acceptors (Lipinski definition) is 5. The third kappa shape index (κ3) is 3.47. The molecule has 1 aliphatic heterocycles. The summed E-state index contributed by atoms with van der Waals surface area (Å²) in [6, 6.07) is 10.5. The van der Waals surface area contributed by atoms with Gasteiger partial charge in [0.1, 0.15) is 12.7 Å². The van der Waals surface area contributed by atoms with Crippen LogP contribution in [0, 0.1) is 0 Å². The average Bonchev–Trinajstić information content (AvgIpc) is 3.38. The van der Waals surface area contributed by atoms with E-state index in [0.717, 1.165) is 11.3 Å². The lowest BCUT2D eigenvalue weighted by Crippen LogP contribution is -2.28. The zero-order valence-corrected chi connectivity index (χ0v) is 14.4. The Hall–Kier alpha value is -3.75. The largest absolute Gasteiger partial charge is 0.348 e. The number of aromatic nitrogens is 4. The Bertz CT molecular complexity index is 954. The van der Waals surface area contributed by atoms with Crippen LogP contribution >= 0.6 is 0 Å². The molecule has 0 saturated carbocycles. The molecule has 136 valence electrons. The van der Waals surface area contributed by atoms with E-state index < -0.39 is 0 Å².